The van der Waals surface area contributed by atoms with Crippen molar-refractivity contribution in [2.24, 2.45) is 0 Å². The van der Waals surface area contributed by atoms with Crippen LogP contribution in [0.3, 0.4) is 0 Å². The van der Waals surface area contributed by atoms with Crippen LogP contribution in [0.5, 0.6) is 0 Å². The number of rotatable bonds is 4. The maximum atomic E-state index is 13.1. The minimum absolute atomic E-state index is 0.593. The van der Waals surface area contributed by atoms with Gasteiger partial charge in [0.25, 0.3) is 0 Å². The van der Waals surface area contributed by atoms with E-state index in [0.717, 1.165) is 25.3 Å². The van der Waals surface area contributed by atoms with E-state index in [2.05, 4.69) is 11.9 Å². The van der Waals surface area contributed by atoms with E-state index in [1.807, 2.05) is 12.1 Å². The van der Waals surface area contributed by atoms with Gasteiger partial charge in [-0.3, -0.25) is 4.98 Å². The van der Waals surface area contributed by atoms with Crippen LogP contribution in [0, 0.1) is 11.6 Å². The second-order valence-electron chi connectivity index (χ2n) is 4.28. The standard InChI is InChI=1S/C15H15F2N/c1-2-3-4-11-5-8-15(18-10-11)12-6-7-13(16)14(17)9-12/h5-10H,2-4H2,1H3. The molecule has 0 unspecified atom stereocenters. The first-order valence-corrected chi connectivity index (χ1v) is 6.11. The van der Waals surface area contributed by atoms with Crippen LogP contribution in [0.25, 0.3) is 11.3 Å². The van der Waals surface area contributed by atoms with Crippen molar-refractivity contribution in [2.45, 2.75) is 26.2 Å². The minimum Gasteiger partial charge on any atom is -0.256 e. The summed E-state index contributed by atoms with van der Waals surface area (Å²) in [5.74, 6) is -1.68. The quantitative estimate of drug-likeness (QED) is 0.781. The van der Waals surface area contributed by atoms with Crippen LogP contribution in [-0.2, 0) is 6.42 Å². The summed E-state index contributed by atoms with van der Waals surface area (Å²) in [4.78, 5) is 4.28. The monoisotopic (exact) mass is 247 g/mol. The van der Waals surface area contributed by atoms with E-state index in [1.165, 1.54) is 17.7 Å². The molecule has 0 bridgehead atoms. The normalized spacial score (nSPS) is 10.6. The lowest BCUT2D eigenvalue weighted by Crippen LogP contribution is -1.90. The van der Waals surface area contributed by atoms with Crippen molar-refractivity contribution in [3.8, 4) is 11.3 Å². The van der Waals surface area contributed by atoms with Crippen LogP contribution >= 0.6 is 0 Å². The van der Waals surface area contributed by atoms with Crippen LogP contribution in [0.15, 0.2) is 36.5 Å². The predicted octanol–water partition coefficient (Wildman–Crippen LogP) is 4.37. The summed E-state index contributed by atoms with van der Waals surface area (Å²) in [7, 11) is 0. The maximum Gasteiger partial charge on any atom is 0.159 e. The van der Waals surface area contributed by atoms with Crippen molar-refractivity contribution in [3.63, 3.8) is 0 Å². The molecule has 0 spiro atoms. The summed E-state index contributed by atoms with van der Waals surface area (Å²) in [6.07, 6.45) is 5.07. The van der Waals surface area contributed by atoms with Crippen molar-refractivity contribution in [2.75, 3.05) is 0 Å². The third kappa shape index (κ3) is 2.92. The third-order valence-electron chi connectivity index (χ3n) is 2.86. The molecule has 1 nitrogen and oxygen atoms in total. The van der Waals surface area contributed by atoms with E-state index >= 15 is 0 Å². The lowest BCUT2D eigenvalue weighted by Gasteiger charge is -2.04. The fourth-order valence-corrected chi connectivity index (χ4v) is 1.78. The van der Waals surface area contributed by atoms with E-state index in [4.69, 9.17) is 0 Å². The molecule has 18 heavy (non-hydrogen) atoms. The Morgan fingerprint density at radius 3 is 2.50 bits per heavy atom. The van der Waals surface area contributed by atoms with Crippen molar-refractivity contribution >= 4 is 0 Å². The molecule has 2 aromatic rings. The van der Waals surface area contributed by atoms with Gasteiger partial charge in [0.1, 0.15) is 0 Å². The zero-order valence-corrected chi connectivity index (χ0v) is 10.3. The number of unbranched alkanes of at least 4 members (excludes halogenated alkanes) is 1. The molecular formula is C15H15F2N. The number of aryl methyl sites for hydroxylation is 1. The van der Waals surface area contributed by atoms with Gasteiger partial charge in [-0.05, 0) is 42.7 Å². The number of hydrogen-bond donors (Lipinski definition) is 0. The second kappa shape index (κ2) is 5.71. The zero-order valence-electron chi connectivity index (χ0n) is 10.3. The van der Waals surface area contributed by atoms with Gasteiger partial charge in [0, 0.05) is 11.8 Å². The predicted molar refractivity (Wildman–Crippen MR) is 68.2 cm³/mol. The molecule has 0 atom stereocenters. The Morgan fingerprint density at radius 2 is 1.89 bits per heavy atom. The smallest absolute Gasteiger partial charge is 0.159 e. The van der Waals surface area contributed by atoms with E-state index in [9.17, 15) is 8.78 Å². The second-order valence-corrected chi connectivity index (χ2v) is 4.28. The van der Waals surface area contributed by atoms with Crippen LogP contribution in [0.4, 0.5) is 8.78 Å². The molecule has 1 aromatic carbocycles. The lowest BCUT2D eigenvalue weighted by molar-refractivity contribution is 0.509. The van der Waals surface area contributed by atoms with Gasteiger partial charge in [-0.15, -0.1) is 0 Å². The fourth-order valence-electron chi connectivity index (χ4n) is 1.78. The highest BCUT2D eigenvalue weighted by Crippen LogP contribution is 2.20. The molecular weight excluding hydrogens is 232 g/mol. The number of pyridine rings is 1. The molecule has 0 aliphatic rings. The van der Waals surface area contributed by atoms with Gasteiger partial charge in [0.2, 0.25) is 0 Å². The first-order valence-electron chi connectivity index (χ1n) is 6.11. The molecule has 0 radical (unpaired) electrons. The molecule has 1 aromatic heterocycles. The molecule has 2 rings (SSSR count). The Kier molecular flexibility index (Phi) is 4.03. The Hall–Kier alpha value is -1.77. The summed E-state index contributed by atoms with van der Waals surface area (Å²) in [5.41, 5.74) is 2.42. The van der Waals surface area contributed by atoms with Crippen molar-refractivity contribution in [1.82, 2.24) is 4.98 Å². The molecule has 0 aliphatic carbocycles. The van der Waals surface area contributed by atoms with Crippen LogP contribution in [0.1, 0.15) is 25.3 Å². The van der Waals surface area contributed by atoms with E-state index in [-0.39, 0.29) is 0 Å². The molecule has 0 aliphatic heterocycles. The van der Waals surface area contributed by atoms with E-state index in [1.54, 1.807) is 6.20 Å². The average Bonchev–Trinajstić information content (AvgIpc) is 2.40. The van der Waals surface area contributed by atoms with Gasteiger partial charge in [0.15, 0.2) is 11.6 Å². The molecule has 0 saturated heterocycles. The molecule has 94 valence electrons. The van der Waals surface area contributed by atoms with Crippen molar-refractivity contribution in [1.29, 1.82) is 0 Å². The highest BCUT2D eigenvalue weighted by Gasteiger charge is 2.05. The van der Waals surface area contributed by atoms with Crippen LogP contribution in [-0.4, -0.2) is 4.98 Å². The largest absolute Gasteiger partial charge is 0.256 e. The van der Waals surface area contributed by atoms with Crippen molar-refractivity contribution < 1.29 is 8.78 Å². The van der Waals surface area contributed by atoms with Crippen LogP contribution < -0.4 is 0 Å². The van der Waals surface area contributed by atoms with E-state index in [0.29, 0.717) is 11.3 Å². The Balaban J connectivity index is 2.20. The maximum absolute atomic E-state index is 13.1. The van der Waals surface area contributed by atoms with Gasteiger partial charge in [-0.1, -0.05) is 19.4 Å². The number of benzene rings is 1. The van der Waals surface area contributed by atoms with Gasteiger partial charge >= 0.3 is 0 Å². The number of halogens is 2. The average molecular weight is 247 g/mol. The third-order valence-corrected chi connectivity index (χ3v) is 2.86. The molecule has 3 heteroatoms. The fraction of sp³-hybridized carbons (Fsp3) is 0.267. The first kappa shape index (κ1) is 12.7. The summed E-state index contributed by atoms with van der Waals surface area (Å²) in [6, 6.07) is 7.66. The van der Waals surface area contributed by atoms with Crippen molar-refractivity contribution in [3.05, 3.63) is 53.7 Å². The summed E-state index contributed by atoms with van der Waals surface area (Å²) in [5, 5.41) is 0. The highest BCUT2D eigenvalue weighted by molar-refractivity contribution is 5.59. The number of nitrogens with zero attached hydrogens (tertiary/aromatic N) is 1. The Bertz CT molecular complexity index is 521. The number of hydrogen-bond acceptors (Lipinski definition) is 1. The van der Waals surface area contributed by atoms with E-state index < -0.39 is 11.6 Å². The van der Waals surface area contributed by atoms with Gasteiger partial charge in [-0.2, -0.15) is 0 Å². The number of aromatic nitrogens is 1. The Labute approximate surface area is 105 Å². The Morgan fingerprint density at radius 1 is 1.06 bits per heavy atom. The first-order chi connectivity index (χ1) is 8.70. The highest BCUT2D eigenvalue weighted by atomic mass is 19.2. The summed E-state index contributed by atoms with van der Waals surface area (Å²) < 4.78 is 25.9. The van der Waals surface area contributed by atoms with Gasteiger partial charge < -0.3 is 0 Å². The summed E-state index contributed by atoms with van der Waals surface area (Å²) in [6.45, 7) is 2.14. The minimum atomic E-state index is -0.843. The molecule has 0 saturated carbocycles. The molecule has 0 fully saturated rings. The zero-order chi connectivity index (χ0) is 13.0. The van der Waals surface area contributed by atoms with Gasteiger partial charge in [0.05, 0.1) is 5.69 Å². The van der Waals surface area contributed by atoms with Crippen LogP contribution in [0.2, 0.25) is 0 Å². The topological polar surface area (TPSA) is 12.9 Å². The van der Waals surface area contributed by atoms with Gasteiger partial charge in [-0.25, -0.2) is 8.78 Å². The molecule has 0 N–H and O–H groups in total. The lowest BCUT2D eigenvalue weighted by atomic mass is 10.1. The SMILES string of the molecule is CCCCc1ccc(-c2ccc(F)c(F)c2)nc1. The molecule has 0 amide bonds. The summed E-state index contributed by atoms with van der Waals surface area (Å²) >= 11 is 0. The molecule has 1 heterocycles.